The Bertz CT molecular complexity index is 858. The van der Waals surface area contributed by atoms with Gasteiger partial charge in [0.25, 0.3) is 0 Å². The molecule has 1 aliphatic rings. The number of hydrogen-bond donors (Lipinski definition) is 1. The molecule has 0 saturated carbocycles. The Labute approximate surface area is 229 Å². The SMILES string of the molecule is C=C[C@@H]([C@H](O)[C@H](C)[C@H](O[Si](C)(C)C(C)(C)C)[C@@H](C)[C@@H]1O[C@H](c2ccc(OC)cc2)OC[C@@H]1C)[Si](C)(C)C. The molecule has 1 fully saturated rings. The fourth-order valence-corrected chi connectivity index (χ4v) is 8.65. The van der Waals surface area contributed by atoms with Crippen LogP contribution in [0.1, 0.15) is 53.4 Å². The summed E-state index contributed by atoms with van der Waals surface area (Å²) in [6, 6.07) is 7.87. The van der Waals surface area contributed by atoms with E-state index in [1.54, 1.807) is 7.11 Å². The highest BCUT2D eigenvalue weighted by atomic mass is 28.4. The third kappa shape index (κ3) is 7.79. The minimum atomic E-state index is -2.13. The van der Waals surface area contributed by atoms with Gasteiger partial charge in [-0.25, -0.2) is 0 Å². The van der Waals surface area contributed by atoms with Gasteiger partial charge in [-0.05, 0) is 35.8 Å². The number of rotatable bonds is 11. The number of methoxy groups -OCH3 is 1. The molecule has 1 heterocycles. The molecule has 1 aromatic rings. The van der Waals surface area contributed by atoms with Crippen LogP contribution in [-0.4, -0.2) is 53.5 Å². The summed E-state index contributed by atoms with van der Waals surface area (Å²) >= 11 is 0. The zero-order valence-corrected chi connectivity index (χ0v) is 27.5. The highest BCUT2D eigenvalue weighted by molar-refractivity contribution is 6.78. The first-order chi connectivity index (χ1) is 16.9. The molecule has 0 radical (unpaired) electrons. The third-order valence-corrected chi connectivity index (χ3v) is 15.7. The van der Waals surface area contributed by atoms with Gasteiger partial charge in [0.1, 0.15) is 5.75 Å². The maximum absolute atomic E-state index is 11.7. The summed E-state index contributed by atoms with van der Waals surface area (Å²) in [6.45, 7) is 29.6. The van der Waals surface area contributed by atoms with Crippen LogP contribution in [0, 0.1) is 17.8 Å². The molecular formula is C30H54O5Si2. The number of hydrogen-bond acceptors (Lipinski definition) is 5. The Kier molecular flexibility index (Phi) is 10.9. The third-order valence-electron chi connectivity index (χ3n) is 8.69. The summed E-state index contributed by atoms with van der Waals surface area (Å²) in [6.07, 6.45) is 0.783. The summed E-state index contributed by atoms with van der Waals surface area (Å²) in [5.41, 5.74) is 1.06. The predicted molar refractivity (Wildman–Crippen MR) is 159 cm³/mol. The monoisotopic (exact) mass is 550 g/mol. The van der Waals surface area contributed by atoms with Gasteiger partial charge in [-0.15, -0.1) is 6.58 Å². The van der Waals surface area contributed by atoms with E-state index in [0.29, 0.717) is 6.61 Å². The van der Waals surface area contributed by atoms with Crippen molar-refractivity contribution < 1.29 is 23.7 Å². The topological polar surface area (TPSA) is 57.2 Å². The largest absolute Gasteiger partial charge is 0.497 e. The van der Waals surface area contributed by atoms with Crippen molar-refractivity contribution in [2.24, 2.45) is 17.8 Å². The zero-order chi connectivity index (χ0) is 28.3. The molecule has 1 saturated heterocycles. The maximum atomic E-state index is 11.7. The van der Waals surface area contributed by atoms with Crippen LogP contribution in [0.3, 0.4) is 0 Å². The van der Waals surface area contributed by atoms with Crippen molar-refractivity contribution in [3.63, 3.8) is 0 Å². The Hall–Kier alpha value is -0.966. The number of benzene rings is 1. The van der Waals surface area contributed by atoms with Crippen LogP contribution >= 0.6 is 0 Å². The molecule has 0 aliphatic carbocycles. The van der Waals surface area contributed by atoms with Gasteiger partial charge >= 0.3 is 0 Å². The van der Waals surface area contributed by atoms with Gasteiger partial charge < -0.3 is 23.7 Å². The summed E-state index contributed by atoms with van der Waals surface area (Å²) < 4.78 is 25.3. The Morgan fingerprint density at radius 2 is 1.65 bits per heavy atom. The van der Waals surface area contributed by atoms with Crippen LogP contribution in [-0.2, 0) is 13.9 Å². The first-order valence-electron chi connectivity index (χ1n) is 13.8. The maximum Gasteiger partial charge on any atom is 0.192 e. The second kappa shape index (κ2) is 12.5. The fraction of sp³-hybridized carbons (Fsp3) is 0.733. The number of ether oxygens (including phenoxy) is 3. The molecule has 0 spiro atoms. The molecule has 5 nitrogen and oxygen atoms in total. The highest BCUT2D eigenvalue weighted by Gasteiger charge is 2.47. The van der Waals surface area contributed by atoms with Crippen molar-refractivity contribution in [3.05, 3.63) is 42.5 Å². The first kappa shape index (κ1) is 32.2. The molecule has 8 atom stereocenters. The van der Waals surface area contributed by atoms with Crippen LogP contribution in [0.25, 0.3) is 0 Å². The van der Waals surface area contributed by atoms with Gasteiger partial charge in [0, 0.05) is 23.3 Å². The van der Waals surface area contributed by atoms with Gasteiger partial charge in [-0.2, -0.15) is 0 Å². The quantitative estimate of drug-likeness (QED) is 0.226. The minimum Gasteiger partial charge on any atom is -0.497 e. The lowest BCUT2D eigenvalue weighted by Gasteiger charge is -2.48. The molecule has 1 aromatic carbocycles. The van der Waals surface area contributed by atoms with Crippen molar-refractivity contribution in [2.75, 3.05) is 13.7 Å². The molecule has 1 aliphatic heterocycles. The van der Waals surface area contributed by atoms with Crippen LogP contribution in [0.4, 0.5) is 0 Å². The van der Waals surface area contributed by atoms with Gasteiger partial charge in [-0.3, -0.25) is 0 Å². The zero-order valence-electron chi connectivity index (χ0n) is 25.5. The van der Waals surface area contributed by atoms with E-state index in [2.05, 4.69) is 80.9 Å². The van der Waals surface area contributed by atoms with Crippen LogP contribution < -0.4 is 4.74 Å². The predicted octanol–water partition coefficient (Wildman–Crippen LogP) is 7.66. The molecule has 7 heteroatoms. The molecule has 212 valence electrons. The summed E-state index contributed by atoms with van der Waals surface area (Å²) in [5.74, 6) is 0.997. The summed E-state index contributed by atoms with van der Waals surface area (Å²) in [7, 11) is -2.15. The molecule has 37 heavy (non-hydrogen) atoms. The molecular weight excluding hydrogens is 496 g/mol. The van der Waals surface area contributed by atoms with Crippen LogP contribution in [0.5, 0.6) is 5.75 Å². The molecule has 2 rings (SSSR count). The fourth-order valence-electron chi connectivity index (χ4n) is 5.15. The number of aliphatic hydroxyl groups is 1. The van der Waals surface area contributed by atoms with E-state index in [1.165, 1.54) is 0 Å². The van der Waals surface area contributed by atoms with E-state index in [4.69, 9.17) is 18.6 Å². The standard InChI is InChI=1S/C30H54O5Si2/c1-14-25(36(9,10)11)26(31)21(3)28(35-37(12,13)30(5,6)7)22(4)27-20(2)19-33-29(34-27)23-15-17-24(32-8)18-16-23/h14-18,20-22,25-29,31H,1,19H2,2-13H3/t20-,21-,22-,25-,26+,27+,28-,29+/m0/s1. The first-order valence-corrected chi connectivity index (χ1v) is 20.3. The lowest BCUT2D eigenvalue weighted by Crippen LogP contribution is -2.54. The van der Waals surface area contributed by atoms with Crippen LogP contribution in [0.15, 0.2) is 36.9 Å². The molecule has 0 bridgehead atoms. The van der Waals surface area contributed by atoms with Crippen molar-refractivity contribution in [1.29, 1.82) is 0 Å². The smallest absolute Gasteiger partial charge is 0.192 e. The second-order valence-electron chi connectivity index (χ2n) is 13.7. The minimum absolute atomic E-state index is 0.0556. The molecule has 0 unspecified atom stereocenters. The average molecular weight is 551 g/mol. The molecule has 0 amide bonds. The Morgan fingerprint density at radius 1 is 1.08 bits per heavy atom. The summed E-state index contributed by atoms with van der Waals surface area (Å²) in [5, 5.41) is 11.8. The van der Waals surface area contributed by atoms with Gasteiger partial charge in [0.15, 0.2) is 14.6 Å². The Morgan fingerprint density at radius 3 is 2.11 bits per heavy atom. The number of aliphatic hydroxyl groups excluding tert-OH is 1. The van der Waals surface area contributed by atoms with Crippen molar-refractivity contribution >= 4 is 16.4 Å². The lowest BCUT2D eigenvalue weighted by atomic mass is 9.81. The van der Waals surface area contributed by atoms with E-state index in [0.717, 1.165) is 11.3 Å². The van der Waals surface area contributed by atoms with Crippen molar-refractivity contribution in [1.82, 2.24) is 0 Å². The van der Waals surface area contributed by atoms with Gasteiger partial charge in [-0.1, -0.05) is 79.4 Å². The van der Waals surface area contributed by atoms with Crippen molar-refractivity contribution in [3.8, 4) is 5.75 Å². The average Bonchev–Trinajstić information content (AvgIpc) is 2.80. The van der Waals surface area contributed by atoms with Crippen molar-refractivity contribution in [2.45, 2.75) is 109 Å². The molecule has 0 aromatic heterocycles. The summed E-state index contributed by atoms with van der Waals surface area (Å²) in [4.78, 5) is 0. The van der Waals surface area contributed by atoms with Gasteiger partial charge in [0.2, 0.25) is 0 Å². The van der Waals surface area contributed by atoms with Gasteiger partial charge in [0.05, 0.1) is 40.1 Å². The van der Waals surface area contributed by atoms with E-state index in [9.17, 15) is 5.11 Å². The van der Waals surface area contributed by atoms with E-state index < -0.39 is 28.8 Å². The normalized spacial score (nSPS) is 25.6. The highest BCUT2D eigenvalue weighted by Crippen LogP contribution is 2.44. The van der Waals surface area contributed by atoms with E-state index in [-0.39, 0.29) is 40.5 Å². The van der Waals surface area contributed by atoms with E-state index >= 15 is 0 Å². The molecule has 1 N–H and O–H groups in total. The van der Waals surface area contributed by atoms with E-state index in [1.807, 2.05) is 30.3 Å². The second-order valence-corrected chi connectivity index (χ2v) is 23.9. The van der Waals surface area contributed by atoms with Crippen LogP contribution in [0.2, 0.25) is 43.3 Å². The Balaban J connectivity index is 2.41. The lowest BCUT2D eigenvalue weighted by molar-refractivity contribution is -0.257.